The van der Waals surface area contributed by atoms with E-state index in [-0.39, 0.29) is 5.91 Å². The number of fused-ring (bicyclic) bond motifs is 1. The fourth-order valence-corrected chi connectivity index (χ4v) is 3.50. The Balaban J connectivity index is 1.91. The molecule has 0 aliphatic carbocycles. The molecule has 0 saturated carbocycles. The fourth-order valence-electron chi connectivity index (χ4n) is 1.98. The van der Waals surface area contributed by atoms with E-state index in [2.05, 4.69) is 33.1 Å². The van der Waals surface area contributed by atoms with Gasteiger partial charge in [-0.15, -0.1) is 5.10 Å². The van der Waals surface area contributed by atoms with Gasteiger partial charge in [-0.05, 0) is 52.9 Å². The second-order valence-electron chi connectivity index (χ2n) is 4.47. The summed E-state index contributed by atoms with van der Waals surface area (Å²) in [6.07, 6.45) is 0. The Labute approximate surface area is 139 Å². The molecule has 21 heavy (non-hydrogen) atoms. The van der Waals surface area contributed by atoms with Crippen LogP contribution in [0.4, 0.5) is 0 Å². The van der Waals surface area contributed by atoms with Crippen LogP contribution in [0.15, 0.2) is 53.6 Å². The first-order valence-corrected chi connectivity index (χ1v) is 8.19. The van der Waals surface area contributed by atoms with E-state index in [0.717, 1.165) is 18.6 Å². The van der Waals surface area contributed by atoms with Crippen LogP contribution in [0, 0.1) is 3.57 Å². The topological polar surface area (TPSA) is 46.4 Å². The minimum atomic E-state index is -0.203. The predicted octanol–water partition coefficient (Wildman–Crippen LogP) is 3.09. The highest BCUT2D eigenvalue weighted by Gasteiger charge is 2.05. The van der Waals surface area contributed by atoms with E-state index < -0.39 is 0 Å². The summed E-state index contributed by atoms with van der Waals surface area (Å²) in [5, 5.41) is 4.23. The molecular weight excluding hydrogens is 397 g/mol. The molecule has 3 aromatic rings. The van der Waals surface area contributed by atoms with Crippen molar-refractivity contribution in [3.05, 3.63) is 62.5 Å². The number of benzene rings is 2. The van der Waals surface area contributed by atoms with Crippen LogP contribution in [0.5, 0.6) is 0 Å². The monoisotopic (exact) mass is 409 g/mol. The van der Waals surface area contributed by atoms with E-state index in [4.69, 9.17) is 0 Å². The molecule has 1 N–H and O–H groups in total. The van der Waals surface area contributed by atoms with Crippen molar-refractivity contribution < 1.29 is 4.79 Å². The van der Waals surface area contributed by atoms with Gasteiger partial charge in [0.05, 0.1) is 10.2 Å². The van der Waals surface area contributed by atoms with Crippen molar-refractivity contribution in [1.29, 1.82) is 0 Å². The van der Waals surface area contributed by atoms with Crippen LogP contribution in [0.3, 0.4) is 0 Å². The van der Waals surface area contributed by atoms with Gasteiger partial charge in [0.25, 0.3) is 5.91 Å². The molecule has 0 radical (unpaired) electrons. The smallest absolute Gasteiger partial charge is 0.271 e. The average Bonchev–Trinajstić information content (AvgIpc) is 2.82. The summed E-state index contributed by atoms with van der Waals surface area (Å²) in [5.74, 6) is -0.203. The standard InChI is InChI=1S/C15H12IN3OS/c1-19-12-7-2-3-8-13(12)21-15(19)18-17-14(20)10-5-4-6-11(16)9-10/h2-9H,1H3,(H,17,20)/b18-15+. The number of nitrogens with one attached hydrogen (secondary N) is 1. The molecule has 0 unspecified atom stereocenters. The van der Waals surface area contributed by atoms with Crippen LogP contribution in [0.2, 0.25) is 0 Å². The van der Waals surface area contributed by atoms with Crippen LogP contribution < -0.4 is 10.2 Å². The van der Waals surface area contributed by atoms with Crippen LogP contribution in [0.25, 0.3) is 10.2 Å². The number of carbonyl (C=O) groups is 1. The Morgan fingerprint density at radius 3 is 2.81 bits per heavy atom. The second-order valence-corrected chi connectivity index (χ2v) is 6.73. The van der Waals surface area contributed by atoms with E-state index >= 15 is 0 Å². The fraction of sp³-hybridized carbons (Fsp3) is 0.0667. The molecular formula is C15H12IN3OS. The van der Waals surface area contributed by atoms with Gasteiger partial charge in [-0.3, -0.25) is 4.79 Å². The van der Waals surface area contributed by atoms with Crippen molar-refractivity contribution in [3.63, 3.8) is 0 Å². The summed E-state index contributed by atoms with van der Waals surface area (Å²) in [4.78, 5) is 12.8. The molecule has 106 valence electrons. The minimum Gasteiger partial charge on any atom is -0.318 e. The lowest BCUT2D eigenvalue weighted by atomic mass is 10.2. The zero-order chi connectivity index (χ0) is 14.8. The van der Waals surface area contributed by atoms with Gasteiger partial charge in [-0.2, -0.15) is 0 Å². The van der Waals surface area contributed by atoms with E-state index in [9.17, 15) is 4.79 Å². The summed E-state index contributed by atoms with van der Waals surface area (Å²) in [7, 11) is 1.94. The van der Waals surface area contributed by atoms with Crippen LogP contribution in [-0.2, 0) is 7.05 Å². The maximum Gasteiger partial charge on any atom is 0.271 e. The van der Waals surface area contributed by atoms with Gasteiger partial charge < -0.3 is 4.57 Å². The van der Waals surface area contributed by atoms with Crippen molar-refractivity contribution in [3.8, 4) is 0 Å². The van der Waals surface area contributed by atoms with Gasteiger partial charge in [-0.25, -0.2) is 5.43 Å². The largest absolute Gasteiger partial charge is 0.318 e. The highest BCUT2D eigenvalue weighted by molar-refractivity contribution is 14.1. The van der Waals surface area contributed by atoms with Crippen LogP contribution in [-0.4, -0.2) is 10.5 Å². The van der Waals surface area contributed by atoms with E-state index in [1.807, 2.05) is 54.1 Å². The summed E-state index contributed by atoms with van der Waals surface area (Å²) in [6, 6.07) is 15.5. The van der Waals surface area contributed by atoms with E-state index in [1.54, 1.807) is 17.4 Å². The van der Waals surface area contributed by atoms with Crippen LogP contribution in [0.1, 0.15) is 10.4 Å². The number of aromatic nitrogens is 1. The predicted molar refractivity (Wildman–Crippen MR) is 93.0 cm³/mol. The van der Waals surface area contributed by atoms with Crippen molar-refractivity contribution in [1.82, 2.24) is 9.99 Å². The third-order valence-electron chi connectivity index (χ3n) is 3.05. The number of nitrogens with zero attached hydrogens (tertiary/aromatic N) is 2. The summed E-state index contributed by atoms with van der Waals surface area (Å²) < 4.78 is 4.13. The SMILES string of the molecule is Cn1/c(=N\NC(=O)c2cccc(I)c2)sc2ccccc21. The van der Waals surface area contributed by atoms with Gasteiger partial charge >= 0.3 is 0 Å². The lowest BCUT2D eigenvalue weighted by molar-refractivity contribution is 0.0953. The third kappa shape index (κ3) is 3.01. The first kappa shape index (κ1) is 14.3. The second kappa shape index (κ2) is 5.98. The van der Waals surface area contributed by atoms with Gasteiger partial charge in [0, 0.05) is 16.2 Å². The van der Waals surface area contributed by atoms with Crippen LogP contribution >= 0.6 is 33.9 Å². The lowest BCUT2D eigenvalue weighted by Gasteiger charge is -2.00. The van der Waals surface area contributed by atoms with E-state index in [1.165, 1.54) is 0 Å². The Hall–Kier alpha value is -1.67. The quantitative estimate of drug-likeness (QED) is 0.513. The Bertz CT molecular complexity index is 882. The lowest BCUT2D eigenvalue weighted by Crippen LogP contribution is -2.23. The molecule has 0 atom stereocenters. The number of hydrogen-bond donors (Lipinski definition) is 1. The number of para-hydroxylation sites is 1. The molecule has 4 nitrogen and oxygen atoms in total. The Kier molecular flexibility index (Phi) is 4.07. The molecule has 0 fully saturated rings. The third-order valence-corrected chi connectivity index (χ3v) is 4.84. The Morgan fingerprint density at radius 2 is 2.05 bits per heavy atom. The molecule has 0 bridgehead atoms. The molecule has 0 aliphatic heterocycles. The highest BCUT2D eigenvalue weighted by atomic mass is 127. The van der Waals surface area contributed by atoms with Gasteiger partial charge in [0.15, 0.2) is 0 Å². The summed E-state index contributed by atoms with van der Waals surface area (Å²) in [5.41, 5.74) is 4.32. The number of thiazole rings is 1. The van der Waals surface area contributed by atoms with Crippen molar-refractivity contribution in [2.24, 2.45) is 12.1 Å². The van der Waals surface area contributed by atoms with E-state index in [0.29, 0.717) is 5.56 Å². The first-order valence-electron chi connectivity index (χ1n) is 6.29. The maximum atomic E-state index is 12.1. The zero-order valence-electron chi connectivity index (χ0n) is 11.2. The van der Waals surface area contributed by atoms with Crippen molar-refractivity contribution in [2.75, 3.05) is 0 Å². The number of amides is 1. The molecule has 1 heterocycles. The summed E-state index contributed by atoms with van der Waals surface area (Å²) >= 11 is 3.73. The zero-order valence-corrected chi connectivity index (χ0v) is 14.2. The molecule has 0 aliphatic rings. The number of halogens is 1. The van der Waals surface area contributed by atoms with Crippen molar-refractivity contribution >= 4 is 50.1 Å². The molecule has 1 aromatic heterocycles. The molecule has 6 heteroatoms. The maximum absolute atomic E-state index is 12.1. The Morgan fingerprint density at radius 1 is 1.24 bits per heavy atom. The average molecular weight is 409 g/mol. The highest BCUT2D eigenvalue weighted by Crippen LogP contribution is 2.15. The van der Waals surface area contributed by atoms with Gasteiger partial charge in [-0.1, -0.05) is 29.5 Å². The van der Waals surface area contributed by atoms with Gasteiger partial charge in [0.1, 0.15) is 0 Å². The minimum absolute atomic E-state index is 0.203. The first-order chi connectivity index (χ1) is 10.1. The van der Waals surface area contributed by atoms with Crippen molar-refractivity contribution in [2.45, 2.75) is 0 Å². The number of aryl methyl sites for hydroxylation is 1. The molecule has 0 saturated heterocycles. The molecule has 0 spiro atoms. The summed E-state index contributed by atoms with van der Waals surface area (Å²) in [6.45, 7) is 0. The number of rotatable bonds is 2. The molecule has 1 amide bonds. The normalized spacial score (nSPS) is 11.8. The molecule has 3 rings (SSSR count). The molecule has 2 aromatic carbocycles. The number of hydrogen-bond acceptors (Lipinski definition) is 3. The van der Waals surface area contributed by atoms with Gasteiger partial charge in [0.2, 0.25) is 4.80 Å². The number of carbonyl (C=O) groups excluding carboxylic acids is 1.